The first-order valence-electron chi connectivity index (χ1n) is 7.46. The third kappa shape index (κ3) is 6.20. The largest absolute Gasteiger partial charge is 0.444 e. The minimum absolute atomic E-state index is 0.109. The summed E-state index contributed by atoms with van der Waals surface area (Å²) in [5, 5.41) is 5.51. The lowest BCUT2D eigenvalue weighted by molar-refractivity contribution is -0.121. The fourth-order valence-electron chi connectivity index (χ4n) is 1.94. The van der Waals surface area contributed by atoms with Gasteiger partial charge < -0.3 is 19.9 Å². The normalized spacial score (nSPS) is 12.6. The van der Waals surface area contributed by atoms with Gasteiger partial charge in [-0.1, -0.05) is 0 Å². The lowest BCUT2D eigenvalue weighted by atomic mass is 10.2. The van der Waals surface area contributed by atoms with Crippen LogP contribution in [0.15, 0.2) is 12.1 Å². The number of amides is 2. The van der Waals surface area contributed by atoms with Crippen LogP contribution in [-0.2, 0) is 23.1 Å². The quantitative estimate of drug-likeness (QED) is 0.876. The van der Waals surface area contributed by atoms with Crippen LogP contribution in [0.2, 0.25) is 0 Å². The molecule has 0 aliphatic rings. The number of carbonyl (C=O) groups excluding carboxylic acids is 2. The molecule has 2 amide bonds. The number of ether oxygens (including phenoxy) is 1. The van der Waals surface area contributed by atoms with Crippen LogP contribution in [0.3, 0.4) is 0 Å². The predicted molar refractivity (Wildman–Crippen MR) is 85.4 cm³/mol. The molecular formula is C16H27N3O3. The molecule has 0 aliphatic carbocycles. The van der Waals surface area contributed by atoms with Crippen molar-refractivity contribution in [3.8, 4) is 0 Å². The number of alkyl carbamates (subject to hydrolysis) is 1. The van der Waals surface area contributed by atoms with Crippen molar-refractivity contribution in [2.45, 2.75) is 59.2 Å². The van der Waals surface area contributed by atoms with Gasteiger partial charge in [0.25, 0.3) is 0 Å². The van der Waals surface area contributed by atoms with Crippen molar-refractivity contribution in [2.75, 3.05) is 0 Å². The van der Waals surface area contributed by atoms with Crippen molar-refractivity contribution in [1.82, 2.24) is 15.2 Å². The molecule has 124 valence electrons. The summed E-state index contributed by atoms with van der Waals surface area (Å²) in [6.45, 7) is 9.65. The molecule has 1 aromatic heterocycles. The van der Waals surface area contributed by atoms with Gasteiger partial charge in [0.05, 0.1) is 6.54 Å². The van der Waals surface area contributed by atoms with E-state index in [0.717, 1.165) is 11.4 Å². The number of carbonyl (C=O) groups is 2. The fourth-order valence-corrected chi connectivity index (χ4v) is 1.94. The molecule has 6 nitrogen and oxygen atoms in total. The van der Waals surface area contributed by atoms with Gasteiger partial charge in [0.2, 0.25) is 5.91 Å². The summed E-state index contributed by atoms with van der Waals surface area (Å²) in [7, 11) is 1.96. The Balaban J connectivity index is 2.35. The minimum Gasteiger partial charge on any atom is -0.444 e. The Bertz CT molecular complexity index is 529. The van der Waals surface area contributed by atoms with Gasteiger partial charge in [0, 0.05) is 30.9 Å². The summed E-state index contributed by atoms with van der Waals surface area (Å²) in [6, 6.07) is 3.71. The first-order chi connectivity index (χ1) is 10.1. The highest BCUT2D eigenvalue weighted by Crippen LogP contribution is 2.07. The molecule has 0 radical (unpaired) electrons. The number of hydrogen-bond acceptors (Lipinski definition) is 3. The molecule has 0 saturated carbocycles. The van der Waals surface area contributed by atoms with Gasteiger partial charge in [0.1, 0.15) is 5.60 Å². The molecule has 0 saturated heterocycles. The standard InChI is InChI=1S/C16H27N3O3/c1-11(18-15(21)22-16(3,4)5)9-14(20)17-10-13-8-7-12(2)19(13)6/h7-8,11H,9-10H2,1-6H3,(H,17,20)(H,18,21). The van der Waals surface area contributed by atoms with E-state index in [0.29, 0.717) is 6.54 Å². The van der Waals surface area contributed by atoms with Crippen LogP contribution in [-0.4, -0.2) is 28.2 Å². The van der Waals surface area contributed by atoms with Crippen LogP contribution in [0.25, 0.3) is 0 Å². The van der Waals surface area contributed by atoms with Crippen LogP contribution >= 0.6 is 0 Å². The summed E-state index contributed by atoms with van der Waals surface area (Å²) in [5.41, 5.74) is 1.64. The monoisotopic (exact) mass is 309 g/mol. The number of nitrogens with zero attached hydrogens (tertiary/aromatic N) is 1. The molecule has 0 fully saturated rings. The number of aryl methyl sites for hydroxylation is 1. The topological polar surface area (TPSA) is 72.4 Å². The lowest BCUT2D eigenvalue weighted by Gasteiger charge is -2.21. The van der Waals surface area contributed by atoms with E-state index in [1.165, 1.54) is 0 Å². The molecule has 1 heterocycles. The van der Waals surface area contributed by atoms with Crippen LogP contribution in [0.5, 0.6) is 0 Å². The molecule has 2 N–H and O–H groups in total. The summed E-state index contributed by atoms with van der Waals surface area (Å²) >= 11 is 0. The van der Waals surface area contributed by atoms with Gasteiger partial charge in [-0.2, -0.15) is 0 Å². The average molecular weight is 309 g/mol. The number of aromatic nitrogens is 1. The molecule has 22 heavy (non-hydrogen) atoms. The molecule has 1 unspecified atom stereocenters. The third-order valence-electron chi connectivity index (χ3n) is 3.20. The van der Waals surface area contributed by atoms with Crippen LogP contribution in [0, 0.1) is 6.92 Å². The van der Waals surface area contributed by atoms with E-state index < -0.39 is 11.7 Å². The molecule has 0 bridgehead atoms. The Morgan fingerprint density at radius 1 is 1.32 bits per heavy atom. The summed E-state index contributed by atoms with van der Waals surface area (Å²) in [4.78, 5) is 23.5. The van der Waals surface area contributed by atoms with E-state index in [2.05, 4.69) is 10.6 Å². The van der Waals surface area contributed by atoms with Crippen molar-refractivity contribution in [3.05, 3.63) is 23.5 Å². The van der Waals surface area contributed by atoms with E-state index in [1.54, 1.807) is 27.7 Å². The van der Waals surface area contributed by atoms with E-state index in [9.17, 15) is 9.59 Å². The summed E-state index contributed by atoms with van der Waals surface area (Å²) in [6.07, 6.45) is -0.298. The zero-order valence-electron chi connectivity index (χ0n) is 14.3. The maximum absolute atomic E-state index is 11.9. The fraction of sp³-hybridized carbons (Fsp3) is 0.625. The average Bonchev–Trinajstić information content (AvgIpc) is 2.64. The molecular weight excluding hydrogens is 282 g/mol. The van der Waals surface area contributed by atoms with Crippen LogP contribution in [0.1, 0.15) is 45.5 Å². The van der Waals surface area contributed by atoms with Gasteiger partial charge in [-0.15, -0.1) is 0 Å². The molecule has 1 aromatic rings. The van der Waals surface area contributed by atoms with E-state index >= 15 is 0 Å². The van der Waals surface area contributed by atoms with Gasteiger partial charge in [-0.25, -0.2) is 4.79 Å². The Labute approximate surface area is 132 Å². The van der Waals surface area contributed by atoms with Gasteiger partial charge >= 0.3 is 6.09 Å². The van der Waals surface area contributed by atoms with Crippen molar-refractivity contribution < 1.29 is 14.3 Å². The van der Waals surface area contributed by atoms with E-state index in [-0.39, 0.29) is 18.4 Å². The maximum atomic E-state index is 11.9. The number of hydrogen-bond donors (Lipinski definition) is 2. The van der Waals surface area contributed by atoms with Crippen molar-refractivity contribution in [2.24, 2.45) is 7.05 Å². The zero-order valence-corrected chi connectivity index (χ0v) is 14.3. The zero-order chi connectivity index (χ0) is 16.9. The van der Waals surface area contributed by atoms with Gasteiger partial charge in [-0.3, -0.25) is 4.79 Å². The van der Waals surface area contributed by atoms with Crippen LogP contribution < -0.4 is 10.6 Å². The molecule has 0 aromatic carbocycles. The van der Waals surface area contributed by atoms with Crippen molar-refractivity contribution in [1.29, 1.82) is 0 Å². The third-order valence-corrected chi connectivity index (χ3v) is 3.20. The Morgan fingerprint density at radius 3 is 2.45 bits per heavy atom. The first kappa shape index (κ1) is 18.1. The molecule has 0 aliphatic heterocycles. The van der Waals surface area contributed by atoms with Crippen molar-refractivity contribution in [3.63, 3.8) is 0 Å². The van der Waals surface area contributed by atoms with Crippen LogP contribution in [0.4, 0.5) is 4.79 Å². The predicted octanol–water partition coefficient (Wildman–Crippen LogP) is 2.25. The van der Waals surface area contributed by atoms with Crippen molar-refractivity contribution >= 4 is 12.0 Å². The highest BCUT2D eigenvalue weighted by atomic mass is 16.6. The first-order valence-corrected chi connectivity index (χ1v) is 7.46. The van der Waals surface area contributed by atoms with E-state index in [1.807, 2.05) is 30.7 Å². The SMILES string of the molecule is Cc1ccc(CNC(=O)CC(C)NC(=O)OC(C)(C)C)n1C. The molecule has 0 spiro atoms. The molecule has 1 rings (SSSR count). The smallest absolute Gasteiger partial charge is 0.407 e. The minimum atomic E-state index is -0.545. The van der Waals surface area contributed by atoms with Gasteiger partial charge in [-0.05, 0) is 46.8 Å². The highest BCUT2D eigenvalue weighted by Gasteiger charge is 2.18. The second kappa shape index (κ2) is 7.33. The molecule has 6 heteroatoms. The summed E-state index contributed by atoms with van der Waals surface area (Å²) < 4.78 is 7.18. The highest BCUT2D eigenvalue weighted by molar-refractivity contribution is 5.77. The Morgan fingerprint density at radius 2 is 1.95 bits per heavy atom. The number of rotatable bonds is 5. The maximum Gasteiger partial charge on any atom is 0.407 e. The Kier molecular flexibility index (Phi) is 6.02. The van der Waals surface area contributed by atoms with Gasteiger partial charge in [0.15, 0.2) is 0 Å². The summed E-state index contributed by atoms with van der Waals surface area (Å²) in [5.74, 6) is -0.109. The van der Waals surface area contributed by atoms with E-state index in [4.69, 9.17) is 4.74 Å². The number of nitrogens with one attached hydrogen (secondary N) is 2. The lowest BCUT2D eigenvalue weighted by Crippen LogP contribution is -2.40. The molecule has 1 atom stereocenters. The second-order valence-corrected chi connectivity index (χ2v) is 6.55. The second-order valence-electron chi connectivity index (χ2n) is 6.55. The Hall–Kier alpha value is -1.98.